The minimum atomic E-state index is -0.125. The maximum Gasteiger partial charge on any atom is 0.244 e. The topological polar surface area (TPSA) is 77.8 Å². The Morgan fingerprint density at radius 3 is 3.00 bits per heavy atom. The SMILES string of the molecule is Cc1cccnc1-c1noc(C(N)C2CC2)n1. The van der Waals surface area contributed by atoms with Crippen LogP contribution >= 0.6 is 0 Å². The molecule has 2 heterocycles. The number of nitrogens with zero attached hydrogens (tertiary/aromatic N) is 3. The van der Waals surface area contributed by atoms with Crippen molar-refractivity contribution in [1.29, 1.82) is 0 Å². The minimum Gasteiger partial charge on any atom is -0.337 e. The second kappa shape index (κ2) is 3.92. The molecule has 2 aromatic rings. The molecule has 2 aromatic heterocycles. The Labute approximate surface area is 99.1 Å². The van der Waals surface area contributed by atoms with Crippen molar-refractivity contribution in [3.63, 3.8) is 0 Å². The number of nitrogens with two attached hydrogens (primary N) is 1. The van der Waals surface area contributed by atoms with Gasteiger partial charge in [-0.1, -0.05) is 11.2 Å². The van der Waals surface area contributed by atoms with Crippen molar-refractivity contribution in [3.8, 4) is 11.5 Å². The summed E-state index contributed by atoms with van der Waals surface area (Å²) in [7, 11) is 0. The monoisotopic (exact) mass is 230 g/mol. The van der Waals surface area contributed by atoms with Crippen LogP contribution in [0.1, 0.15) is 30.3 Å². The number of aromatic nitrogens is 3. The third kappa shape index (κ3) is 1.93. The van der Waals surface area contributed by atoms with Gasteiger partial charge in [0.2, 0.25) is 11.7 Å². The van der Waals surface area contributed by atoms with Gasteiger partial charge in [-0.15, -0.1) is 0 Å². The van der Waals surface area contributed by atoms with E-state index in [0.29, 0.717) is 17.6 Å². The fourth-order valence-corrected chi connectivity index (χ4v) is 1.84. The zero-order chi connectivity index (χ0) is 11.8. The van der Waals surface area contributed by atoms with Gasteiger partial charge in [-0.2, -0.15) is 4.98 Å². The average molecular weight is 230 g/mol. The van der Waals surface area contributed by atoms with E-state index in [0.717, 1.165) is 24.1 Å². The maximum atomic E-state index is 6.01. The number of pyridine rings is 1. The van der Waals surface area contributed by atoms with Crippen LogP contribution in [0, 0.1) is 12.8 Å². The smallest absolute Gasteiger partial charge is 0.244 e. The van der Waals surface area contributed by atoms with Gasteiger partial charge >= 0.3 is 0 Å². The molecule has 3 rings (SSSR count). The first kappa shape index (κ1) is 10.4. The summed E-state index contributed by atoms with van der Waals surface area (Å²) in [6.07, 6.45) is 4.03. The normalized spacial score (nSPS) is 17.1. The van der Waals surface area contributed by atoms with Gasteiger partial charge in [0.25, 0.3) is 0 Å². The third-order valence-corrected chi connectivity index (χ3v) is 3.08. The molecule has 1 unspecified atom stereocenters. The van der Waals surface area contributed by atoms with Crippen molar-refractivity contribution >= 4 is 0 Å². The first-order valence-corrected chi connectivity index (χ1v) is 5.77. The second-order valence-electron chi connectivity index (χ2n) is 4.49. The molecule has 0 spiro atoms. The third-order valence-electron chi connectivity index (χ3n) is 3.08. The molecule has 0 radical (unpaired) electrons. The zero-order valence-electron chi connectivity index (χ0n) is 9.63. The van der Waals surface area contributed by atoms with Crippen LogP contribution in [0.15, 0.2) is 22.9 Å². The first-order chi connectivity index (χ1) is 8.25. The van der Waals surface area contributed by atoms with Gasteiger partial charge in [-0.05, 0) is 37.3 Å². The zero-order valence-corrected chi connectivity index (χ0v) is 9.63. The van der Waals surface area contributed by atoms with Crippen molar-refractivity contribution in [2.75, 3.05) is 0 Å². The predicted octanol–water partition coefficient (Wildman–Crippen LogP) is 1.85. The molecule has 0 aromatic carbocycles. The molecule has 1 aliphatic rings. The highest BCUT2D eigenvalue weighted by molar-refractivity contribution is 5.53. The summed E-state index contributed by atoms with van der Waals surface area (Å²) < 4.78 is 5.21. The minimum absolute atomic E-state index is 0.125. The van der Waals surface area contributed by atoms with E-state index in [2.05, 4.69) is 15.1 Å². The van der Waals surface area contributed by atoms with Crippen LogP contribution in [0.25, 0.3) is 11.5 Å². The van der Waals surface area contributed by atoms with E-state index in [1.165, 1.54) is 0 Å². The van der Waals surface area contributed by atoms with Gasteiger partial charge in [-0.3, -0.25) is 4.98 Å². The summed E-state index contributed by atoms with van der Waals surface area (Å²) in [5.74, 6) is 1.55. The highest BCUT2D eigenvalue weighted by Crippen LogP contribution is 2.39. The molecule has 1 fully saturated rings. The number of aryl methyl sites for hydroxylation is 1. The number of hydrogen-bond donors (Lipinski definition) is 1. The van der Waals surface area contributed by atoms with Crippen LogP contribution < -0.4 is 5.73 Å². The Hall–Kier alpha value is -1.75. The van der Waals surface area contributed by atoms with Crippen molar-refractivity contribution in [2.24, 2.45) is 11.7 Å². The Morgan fingerprint density at radius 1 is 1.47 bits per heavy atom. The Balaban J connectivity index is 1.92. The number of rotatable bonds is 3. The van der Waals surface area contributed by atoms with Gasteiger partial charge in [0.15, 0.2) is 0 Å². The molecule has 0 saturated heterocycles. The van der Waals surface area contributed by atoms with Crippen molar-refractivity contribution in [1.82, 2.24) is 15.1 Å². The number of hydrogen-bond acceptors (Lipinski definition) is 5. The summed E-state index contributed by atoms with van der Waals surface area (Å²) in [6, 6.07) is 3.73. The predicted molar refractivity (Wildman–Crippen MR) is 61.9 cm³/mol. The van der Waals surface area contributed by atoms with Gasteiger partial charge in [-0.25, -0.2) is 0 Å². The van der Waals surface area contributed by atoms with Crippen molar-refractivity contribution < 1.29 is 4.52 Å². The van der Waals surface area contributed by atoms with Crippen LogP contribution in [0.2, 0.25) is 0 Å². The molecule has 2 N–H and O–H groups in total. The highest BCUT2D eigenvalue weighted by atomic mass is 16.5. The van der Waals surface area contributed by atoms with Gasteiger partial charge in [0.1, 0.15) is 5.69 Å². The van der Waals surface area contributed by atoms with Crippen molar-refractivity contribution in [2.45, 2.75) is 25.8 Å². The second-order valence-corrected chi connectivity index (χ2v) is 4.49. The molecule has 88 valence electrons. The van der Waals surface area contributed by atoms with E-state index in [1.807, 2.05) is 19.1 Å². The van der Waals surface area contributed by atoms with E-state index in [-0.39, 0.29) is 6.04 Å². The van der Waals surface area contributed by atoms with Crippen LogP contribution in [0.5, 0.6) is 0 Å². The van der Waals surface area contributed by atoms with Crippen molar-refractivity contribution in [3.05, 3.63) is 29.8 Å². The summed E-state index contributed by atoms with van der Waals surface area (Å²) in [5.41, 5.74) is 7.80. The van der Waals surface area contributed by atoms with E-state index >= 15 is 0 Å². The Kier molecular flexibility index (Phi) is 2.40. The van der Waals surface area contributed by atoms with Gasteiger partial charge in [0.05, 0.1) is 6.04 Å². The van der Waals surface area contributed by atoms with Gasteiger partial charge in [0, 0.05) is 6.20 Å². The van der Waals surface area contributed by atoms with E-state index in [4.69, 9.17) is 10.3 Å². The lowest BCUT2D eigenvalue weighted by Crippen LogP contribution is -2.12. The standard InChI is InChI=1S/C12H14N4O/c1-7-3-2-6-14-10(7)11-15-12(17-16-11)9(13)8-4-5-8/h2-3,6,8-9H,4-5,13H2,1H3. The van der Waals surface area contributed by atoms with E-state index in [9.17, 15) is 0 Å². The molecule has 5 nitrogen and oxygen atoms in total. The quantitative estimate of drug-likeness (QED) is 0.870. The maximum absolute atomic E-state index is 6.01. The fraction of sp³-hybridized carbons (Fsp3) is 0.417. The lowest BCUT2D eigenvalue weighted by molar-refractivity contribution is 0.343. The molecule has 0 bridgehead atoms. The molecule has 1 aliphatic carbocycles. The van der Waals surface area contributed by atoms with Crippen LogP contribution in [-0.4, -0.2) is 15.1 Å². The Bertz CT molecular complexity index is 533. The first-order valence-electron chi connectivity index (χ1n) is 5.77. The highest BCUT2D eigenvalue weighted by Gasteiger charge is 2.33. The van der Waals surface area contributed by atoms with Crippen LogP contribution in [0.3, 0.4) is 0 Å². The lowest BCUT2D eigenvalue weighted by atomic mass is 10.2. The van der Waals surface area contributed by atoms with Crippen LogP contribution in [0.4, 0.5) is 0 Å². The molecule has 0 aliphatic heterocycles. The lowest BCUT2D eigenvalue weighted by Gasteiger charge is -2.01. The summed E-state index contributed by atoms with van der Waals surface area (Å²) in [6.45, 7) is 1.97. The molecule has 1 atom stereocenters. The molecular weight excluding hydrogens is 216 g/mol. The fourth-order valence-electron chi connectivity index (χ4n) is 1.84. The Morgan fingerprint density at radius 2 is 2.29 bits per heavy atom. The van der Waals surface area contributed by atoms with E-state index < -0.39 is 0 Å². The molecule has 5 heteroatoms. The van der Waals surface area contributed by atoms with E-state index in [1.54, 1.807) is 6.20 Å². The average Bonchev–Trinajstić information content (AvgIpc) is 3.07. The van der Waals surface area contributed by atoms with Crippen LogP contribution in [-0.2, 0) is 0 Å². The molecule has 17 heavy (non-hydrogen) atoms. The molecule has 0 amide bonds. The molecule has 1 saturated carbocycles. The summed E-state index contributed by atoms with van der Waals surface area (Å²) in [4.78, 5) is 8.59. The molecular formula is C12H14N4O. The largest absolute Gasteiger partial charge is 0.337 e. The summed E-state index contributed by atoms with van der Waals surface area (Å²) in [5, 5.41) is 3.95. The summed E-state index contributed by atoms with van der Waals surface area (Å²) >= 11 is 0. The van der Waals surface area contributed by atoms with Gasteiger partial charge < -0.3 is 10.3 Å².